The van der Waals surface area contributed by atoms with E-state index in [1.165, 1.54) is 11.8 Å². The third-order valence-corrected chi connectivity index (χ3v) is 5.99. The van der Waals surface area contributed by atoms with Crippen molar-refractivity contribution in [2.75, 3.05) is 5.32 Å². The minimum absolute atomic E-state index is 0.271. The molecule has 1 amide bonds. The summed E-state index contributed by atoms with van der Waals surface area (Å²) in [5, 5.41) is 12.1. The number of carbonyl (C=O) groups excluding carboxylic acids is 1. The normalized spacial score (nSPS) is 10.8. The van der Waals surface area contributed by atoms with Gasteiger partial charge in [0, 0.05) is 28.3 Å². The van der Waals surface area contributed by atoms with Crippen molar-refractivity contribution in [2.45, 2.75) is 24.8 Å². The fourth-order valence-corrected chi connectivity index (χ4v) is 4.00. The highest BCUT2D eigenvalue weighted by Crippen LogP contribution is 2.25. The maximum absolute atomic E-state index is 13.1. The number of nitrogens with one attached hydrogen (secondary N) is 1. The molecule has 2 heterocycles. The summed E-state index contributed by atoms with van der Waals surface area (Å²) < 4.78 is 2.64. The molecule has 0 unspecified atom stereocenters. The van der Waals surface area contributed by atoms with Crippen molar-refractivity contribution < 1.29 is 4.79 Å². The summed E-state index contributed by atoms with van der Waals surface area (Å²) in [5.41, 5.74) is 4.55. The maximum atomic E-state index is 13.1. The zero-order chi connectivity index (χ0) is 21.8. The molecule has 0 saturated carbocycles. The zero-order valence-corrected chi connectivity index (χ0v) is 19.3. The average molecular weight is 495 g/mol. The van der Waals surface area contributed by atoms with Gasteiger partial charge in [-0.2, -0.15) is 0 Å². The molecule has 0 radical (unpaired) electrons. The number of hydrogen-bond donors (Lipinski definition) is 1. The molecule has 0 atom stereocenters. The molecule has 1 N–H and O–H groups in total. The third-order valence-electron chi connectivity index (χ3n) is 4.57. The first-order valence-electron chi connectivity index (χ1n) is 9.50. The van der Waals surface area contributed by atoms with Gasteiger partial charge in [-0.3, -0.25) is 4.79 Å². The number of anilines is 1. The van der Waals surface area contributed by atoms with E-state index in [-0.39, 0.29) is 11.6 Å². The lowest BCUT2D eigenvalue weighted by atomic mass is 10.1. The second-order valence-electron chi connectivity index (χ2n) is 6.87. The largest absolute Gasteiger partial charge is 0.320 e. The molecule has 4 aromatic rings. The van der Waals surface area contributed by atoms with Crippen LogP contribution in [0.1, 0.15) is 27.3 Å². The van der Waals surface area contributed by atoms with Gasteiger partial charge in [0.2, 0.25) is 0 Å². The summed E-state index contributed by atoms with van der Waals surface area (Å²) in [6.45, 7) is 3.94. The third kappa shape index (κ3) is 5.00. The van der Waals surface area contributed by atoms with Gasteiger partial charge in [0.15, 0.2) is 10.9 Å². The van der Waals surface area contributed by atoms with Gasteiger partial charge in [-0.15, -0.1) is 5.10 Å². The number of aryl methyl sites for hydroxylation is 2. The lowest BCUT2D eigenvalue weighted by Gasteiger charge is -2.10. The fraction of sp³-hybridized carbons (Fsp3) is 0.136. The summed E-state index contributed by atoms with van der Waals surface area (Å²) >= 11 is 4.87. The van der Waals surface area contributed by atoms with E-state index in [9.17, 15) is 4.79 Å². The van der Waals surface area contributed by atoms with Crippen LogP contribution in [-0.2, 0) is 5.75 Å². The van der Waals surface area contributed by atoms with Gasteiger partial charge in [0.05, 0.1) is 11.4 Å². The Morgan fingerprint density at radius 1 is 1.10 bits per heavy atom. The molecule has 0 fully saturated rings. The molecule has 0 saturated heterocycles. The van der Waals surface area contributed by atoms with Crippen LogP contribution in [0.5, 0.6) is 0 Å². The summed E-state index contributed by atoms with van der Waals surface area (Å²) in [5.74, 6) is 0.129. The average Bonchev–Trinajstić information content (AvgIpc) is 3.20. The van der Waals surface area contributed by atoms with Gasteiger partial charge >= 0.3 is 0 Å². The molecular weight excluding hydrogens is 476 g/mol. The second-order valence-corrected chi connectivity index (χ2v) is 8.72. The molecule has 0 aliphatic rings. The molecule has 0 aliphatic heterocycles. The van der Waals surface area contributed by atoms with E-state index in [0.29, 0.717) is 16.6 Å². The SMILES string of the molecule is Cc1ccc(C)c(NC(=O)c2nnn(-c3ccc(Br)cc3)c2CSc2ncccn2)c1. The van der Waals surface area contributed by atoms with Crippen LogP contribution in [0.15, 0.2) is 70.6 Å². The van der Waals surface area contributed by atoms with Gasteiger partial charge in [-0.1, -0.05) is 45.0 Å². The van der Waals surface area contributed by atoms with Crippen LogP contribution in [-0.4, -0.2) is 30.9 Å². The molecule has 0 aliphatic carbocycles. The van der Waals surface area contributed by atoms with Crippen LogP contribution in [0.3, 0.4) is 0 Å². The number of halogens is 1. The monoisotopic (exact) mass is 494 g/mol. The fourth-order valence-electron chi connectivity index (χ4n) is 2.94. The Hall–Kier alpha value is -3.04. The molecule has 31 heavy (non-hydrogen) atoms. The van der Waals surface area contributed by atoms with E-state index < -0.39 is 0 Å². The van der Waals surface area contributed by atoms with E-state index in [1.54, 1.807) is 23.1 Å². The molecule has 4 rings (SSSR count). The first-order valence-corrected chi connectivity index (χ1v) is 11.3. The van der Waals surface area contributed by atoms with Crippen molar-refractivity contribution >= 4 is 39.3 Å². The Morgan fingerprint density at radius 2 is 1.84 bits per heavy atom. The number of carbonyl (C=O) groups is 1. The summed E-state index contributed by atoms with van der Waals surface area (Å²) in [7, 11) is 0. The van der Waals surface area contributed by atoms with Gasteiger partial charge < -0.3 is 5.32 Å². The highest BCUT2D eigenvalue weighted by Gasteiger charge is 2.22. The van der Waals surface area contributed by atoms with E-state index in [1.807, 2.05) is 56.3 Å². The molecule has 2 aromatic carbocycles. The standard InChI is InChI=1S/C22H19BrN6OS/c1-14-4-5-15(2)18(12-14)26-21(30)20-19(13-31-22-24-10-3-11-25-22)29(28-27-20)17-8-6-16(23)7-9-17/h3-12H,13H2,1-2H3,(H,26,30). The molecule has 0 spiro atoms. The minimum Gasteiger partial charge on any atom is -0.320 e. The van der Waals surface area contributed by atoms with Crippen molar-refractivity contribution in [1.29, 1.82) is 0 Å². The lowest BCUT2D eigenvalue weighted by Crippen LogP contribution is -2.16. The van der Waals surface area contributed by atoms with Crippen molar-refractivity contribution in [3.63, 3.8) is 0 Å². The zero-order valence-electron chi connectivity index (χ0n) is 16.9. The number of nitrogens with zero attached hydrogens (tertiary/aromatic N) is 5. The van der Waals surface area contributed by atoms with E-state index >= 15 is 0 Å². The van der Waals surface area contributed by atoms with Crippen LogP contribution in [0.4, 0.5) is 5.69 Å². The molecular formula is C22H19BrN6OS. The van der Waals surface area contributed by atoms with Crippen molar-refractivity contribution in [1.82, 2.24) is 25.0 Å². The summed E-state index contributed by atoms with van der Waals surface area (Å²) in [6, 6.07) is 15.4. The van der Waals surface area contributed by atoms with Crippen LogP contribution < -0.4 is 5.32 Å². The first kappa shape index (κ1) is 21.2. The highest BCUT2D eigenvalue weighted by molar-refractivity contribution is 9.10. The van der Waals surface area contributed by atoms with Crippen LogP contribution in [0.25, 0.3) is 5.69 Å². The van der Waals surface area contributed by atoms with Gasteiger partial charge in [-0.05, 0) is 61.4 Å². The van der Waals surface area contributed by atoms with E-state index in [2.05, 4.69) is 41.5 Å². The Kier molecular flexibility index (Phi) is 6.43. The Labute approximate surface area is 192 Å². The van der Waals surface area contributed by atoms with Crippen molar-refractivity contribution in [3.05, 3.63) is 87.9 Å². The van der Waals surface area contributed by atoms with Crippen LogP contribution in [0, 0.1) is 13.8 Å². The number of rotatable bonds is 6. The van der Waals surface area contributed by atoms with Crippen molar-refractivity contribution in [2.24, 2.45) is 0 Å². The molecule has 0 bridgehead atoms. The van der Waals surface area contributed by atoms with E-state index in [0.717, 1.165) is 27.0 Å². The maximum Gasteiger partial charge on any atom is 0.278 e. The minimum atomic E-state index is -0.304. The number of hydrogen-bond acceptors (Lipinski definition) is 6. The Bertz CT molecular complexity index is 1210. The Morgan fingerprint density at radius 3 is 2.58 bits per heavy atom. The first-order chi connectivity index (χ1) is 15.0. The number of amides is 1. The summed E-state index contributed by atoms with van der Waals surface area (Å²) in [6.07, 6.45) is 3.38. The van der Waals surface area contributed by atoms with Gasteiger partial charge in [0.25, 0.3) is 5.91 Å². The number of benzene rings is 2. The second kappa shape index (κ2) is 9.40. The lowest BCUT2D eigenvalue weighted by molar-refractivity contribution is 0.102. The molecule has 7 nitrogen and oxygen atoms in total. The quantitative estimate of drug-likeness (QED) is 0.300. The molecule has 156 valence electrons. The predicted octanol–water partition coefficient (Wildman–Crippen LogP) is 4.98. The van der Waals surface area contributed by atoms with Gasteiger partial charge in [-0.25, -0.2) is 14.6 Å². The van der Waals surface area contributed by atoms with Crippen LogP contribution in [0.2, 0.25) is 0 Å². The van der Waals surface area contributed by atoms with Crippen molar-refractivity contribution in [3.8, 4) is 5.69 Å². The number of aromatic nitrogens is 5. The molecule has 2 aromatic heterocycles. The van der Waals surface area contributed by atoms with Crippen LogP contribution >= 0.6 is 27.7 Å². The van der Waals surface area contributed by atoms with E-state index in [4.69, 9.17) is 0 Å². The molecule has 9 heteroatoms. The smallest absolute Gasteiger partial charge is 0.278 e. The van der Waals surface area contributed by atoms with Gasteiger partial charge in [0.1, 0.15) is 0 Å². The predicted molar refractivity (Wildman–Crippen MR) is 125 cm³/mol. The summed E-state index contributed by atoms with van der Waals surface area (Å²) in [4.78, 5) is 21.6. The topological polar surface area (TPSA) is 85.6 Å². The highest BCUT2D eigenvalue weighted by atomic mass is 79.9. The Balaban J connectivity index is 1.68. The number of thioether (sulfide) groups is 1.